The van der Waals surface area contributed by atoms with Gasteiger partial charge in [-0.2, -0.15) is 0 Å². The van der Waals surface area contributed by atoms with E-state index < -0.39 is 0 Å². The predicted octanol–water partition coefficient (Wildman–Crippen LogP) is 3.75. The molecule has 0 saturated heterocycles. The van der Waals surface area contributed by atoms with E-state index in [-0.39, 0.29) is 5.41 Å². The number of aromatic nitrogens is 2. The van der Waals surface area contributed by atoms with E-state index in [0.717, 1.165) is 5.56 Å². The molecular formula is C15H18N2. The van der Waals surface area contributed by atoms with E-state index in [1.807, 2.05) is 12.4 Å². The topological polar surface area (TPSA) is 25.8 Å². The Morgan fingerprint density at radius 1 is 1.00 bits per heavy atom. The first-order chi connectivity index (χ1) is 8.00. The van der Waals surface area contributed by atoms with Gasteiger partial charge in [0.2, 0.25) is 0 Å². The quantitative estimate of drug-likeness (QED) is 0.740. The van der Waals surface area contributed by atoms with Crippen molar-refractivity contribution in [3.8, 4) is 11.1 Å². The van der Waals surface area contributed by atoms with Crippen LogP contribution in [0.15, 0.2) is 36.9 Å². The van der Waals surface area contributed by atoms with Gasteiger partial charge in [-0.1, -0.05) is 39.0 Å². The van der Waals surface area contributed by atoms with E-state index in [1.54, 1.807) is 6.33 Å². The summed E-state index contributed by atoms with van der Waals surface area (Å²) in [5.74, 6) is 0. The van der Waals surface area contributed by atoms with E-state index in [2.05, 4.69) is 55.9 Å². The Morgan fingerprint density at radius 3 is 2.24 bits per heavy atom. The first-order valence-electron chi connectivity index (χ1n) is 5.85. The van der Waals surface area contributed by atoms with Gasteiger partial charge in [0.15, 0.2) is 0 Å². The molecule has 1 heterocycles. The molecule has 0 radical (unpaired) electrons. The molecule has 2 heteroatoms. The maximum absolute atomic E-state index is 4.08. The third kappa shape index (κ3) is 2.36. The van der Waals surface area contributed by atoms with Crippen molar-refractivity contribution in [1.29, 1.82) is 0 Å². The van der Waals surface area contributed by atoms with E-state index in [1.165, 1.54) is 16.7 Å². The highest BCUT2D eigenvalue weighted by Crippen LogP contribution is 2.31. The predicted molar refractivity (Wildman–Crippen MR) is 70.9 cm³/mol. The summed E-state index contributed by atoms with van der Waals surface area (Å²) < 4.78 is 0. The zero-order valence-corrected chi connectivity index (χ0v) is 10.9. The number of hydrogen-bond acceptors (Lipinski definition) is 2. The minimum absolute atomic E-state index is 0.162. The largest absolute Gasteiger partial charge is 0.244 e. The summed E-state index contributed by atoms with van der Waals surface area (Å²) in [4.78, 5) is 8.17. The van der Waals surface area contributed by atoms with Gasteiger partial charge in [-0.05, 0) is 29.0 Å². The molecule has 2 rings (SSSR count). The van der Waals surface area contributed by atoms with Gasteiger partial charge in [-0.25, -0.2) is 9.97 Å². The second-order valence-electron chi connectivity index (χ2n) is 5.36. The Morgan fingerprint density at radius 2 is 1.65 bits per heavy atom. The minimum Gasteiger partial charge on any atom is -0.244 e. The van der Waals surface area contributed by atoms with Crippen molar-refractivity contribution >= 4 is 0 Å². The number of benzene rings is 1. The van der Waals surface area contributed by atoms with Gasteiger partial charge < -0.3 is 0 Å². The average Bonchev–Trinajstić information content (AvgIpc) is 2.29. The summed E-state index contributed by atoms with van der Waals surface area (Å²) in [7, 11) is 0. The highest BCUT2D eigenvalue weighted by molar-refractivity contribution is 5.67. The van der Waals surface area contributed by atoms with E-state index in [4.69, 9.17) is 0 Å². The number of hydrogen-bond donors (Lipinski definition) is 0. The maximum Gasteiger partial charge on any atom is 0.115 e. The van der Waals surface area contributed by atoms with Gasteiger partial charge in [-0.3, -0.25) is 0 Å². The van der Waals surface area contributed by atoms with E-state index in [9.17, 15) is 0 Å². The molecule has 17 heavy (non-hydrogen) atoms. The Bertz CT molecular complexity index is 510. The molecule has 0 atom stereocenters. The van der Waals surface area contributed by atoms with E-state index >= 15 is 0 Å². The molecule has 0 amide bonds. The summed E-state index contributed by atoms with van der Waals surface area (Å²) in [6.45, 7) is 8.88. The Labute approximate surface area is 103 Å². The fraction of sp³-hybridized carbons (Fsp3) is 0.333. The molecule has 1 aromatic carbocycles. The van der Waals surface area contributed by atoms with Crippen LogP contribution in [0.1, 0.15) is 31.9 Å². The molecule has 0 fully saturated rings. The first kappa shape index (κ1) is 11.8. The monoisotopic (exact) mass is 226 g/mol. The lowest BCUT2D eigenvalue weighted by Gasteiger charge is -2.23. The smallest absolute Gasteiger partial charge is 0.115 e. The summed E-state index contributed by atoms with van der Waals surface area (Å²) >= 11 is 0. The standard InChI is InChI=1S/C15H18N2/c1-11-13(12-8-16-10-17-9-12)6-5-7-14(11)15(2,3)4/h5-10H,1-4H3. The van der Waals surface area contributed by atoms with Crippen LogP contribution in [0.3, 0.4) is 0 Å². The highest BCUT2D eigenvalue weighted by Gasteiger charge is 2.17. The summed E-state index contributed by atoms with van der Waals surface area (Å²) in [6, 6.07) is 6.43. The SMILES string of the molecule is Cc1c(-c2cncnc2)cccc1C(C)(C)C. The van der Waals surface area contributed by atoms with Gasteiger partial charge in [0.1, 0.15) is 6.33 Å². The van der Waals surface area contributed by atoms with Crippen molar-refractivity contribution in [2.24, 2.45) is 0 Å². The molecule has 1 aromatic heterocycles. The zero-order chi connectivity index (χ0) is 12.5. The molecule has 88 valence electrons. The van der Waals surface area contributed by atoms with Gasteiger partial charge in [0, 0.05) is 18.0 Å². The van der Waals surface area contributed by atoms with Crippen molar-refractivity contribution in [3.63, 3.8) is 0 Å². The average molecular weight is 226 g/mol. The summed E-state index contributed by atoms with van der Waals surface area (Å²) in [5.41, 5.74) is 5.15. The van der Waals surface area contributed by atoms with Crippen LogP contribution in [0.4, 0.5) is 0 Å². The van der Waals surface area contributed by atoms with Crippen LogP contribution in [0.5, 0.6) is 0 Å². The van der Waals surface area contributed by atoms with Gasteiger partial charge in [0.05, 0.1) is 0 Å². The fourth-order valence-electron chi connectivity index (χ4n) is 2.20. The molecule has 0 saturated carbocycles. The van der Waals surface area contributed by atoms with Crippen LogP contribution in [0.2, 0.25) is 0 Å². The third-order valence-electron chi connectivity index (χ3n) is 3.01. The van der Waals surface area contributed by atoms with Crippen LogP contribution in [0, 0.1) is 6.92 Å². The van der Waals surface area contributed by atoms with Gasteiger partial charge >= 0.3 is 0 Å². The minimum atomic E-state index is 0.162. The molecule has 0 aliphatic heterocycles. The lowest BCUT2D eigenvalue weighted by atomic mass is 9.82. The van der Waals surface area contributed by atoms with Crippen molar-refractivity contribution in [2.75, 3.05) is 0 Å². The van der Waals surface area contributed by atoms with Gasteiger partial charge in [0.25, 0.3) is 0 Å². The maximum atomic E-state index is 4.08. The Hall–Kier alpha value is -1.70. The van der Waals surface area contributed by atoms with Crippen LogP contribution in [-0.4, -0.2) is 9.97 Å². The highest BCUT2D eigenvalue weighted by atomic mass is 14.8. The lowest BCUT2D eigenvalue weighted by Crippen LogP contribution is -2.13. The fourth-order valence-corrected chi connectivity index (χ4v) is 2.20. The van der Waals surface area contributed by atoms with Gasteiger partial charge in [-0.15, -0.1) is 0 Å². The summed E-state index contributed by atoms with van der Waals surface area (Å²) in [5, 5.41) is 0. The molecule has 0 aliphatic carbocycles. The van der Waals surface area contributed by atoms with Crippen LogP contribution >= 0.6 is 0 Å². The second-order valence-corrected chi connectivity index (χ2v) is 5.36. The summed E-state index contributed by atoms with van der Waals surface area (Å²) in [6.07, 6.45) is 5.29. The third-order valence-corrected chi connectivity index (χ3v) is 3.01. The van der Waals surface area contributed by atoms with Crippen LogP contribution < -0.4 is 0 Å². The number of rotatable bonds is 1. The Balaban J connectivity index is 2.58. The molecule has 0 aliphatic rings. The number of nitrogens with zero attached hydrogens (tertiary/aromatic N) is 2. The van der Waals surface area contributed by atoms with Crippen LogP contribution in [0.25, 0.3) is 11.1 Å². The van der Waals surface area contributed by atoms with Crippen molar-refractivity contribution in [3.05, 3.63) is 48.0 Å². The van der Waals surface area contributed by atoms with Crippen LogP contribution in [-0.2, 0) is 5.41 Å². The zero-order valence-electron chi connectivity index (χ0n) is 10.9. The van der Waals surface area contributed by atoms with Crippen molar-refractivity contribution in [2.45, 2.75) is 33.1 Å². The normalized spacial score (nSPS) is 11.5. The molecule has 0 bridgehead atoms. The lowest BCUT2D eigenvalue weighted by molar-refractivity contribution is 0.586. The molecule has 0 N–H and O–H groups in total. The first-order valence-corrected chi connectivity index (χ1v) is 5.85. The molecule has 2 nitrogen and oxygen atoms in total. The molecule has 0 unspecified atom stereocenters. The molecular weight excluding hydrogens is 208 g/mol. The Kier molecular flexibility index (Phi) is 2.97. The van der Waals surface area contributed by atoms with E-state index in [0.29, 0.717) is 0 Å². The second kappa shape index (κ2) is 4.28. The molecule has 2 aromatic rings. The van der Waals surface area contributed by atoms with Crippen molar-refractivity contribution in [1.82, 2.24) is 9.97 Å². The molecule has 0 spiro atoms. The van der Waals surface area contributed by atoms with Crippen molar-refractivity contribution < 1.29 is 0 Å².